The smallest absolute Gasteiger partial charge is 0.418 e. The van der Waals surface area contributed by atoms with E-state index < -0.39 is 12.3 Å². The number of methoxy groups -OCH3 is 2. The molecule has 0 aromatic heterocycles. The summed E-state index contributed by atoms with van der Waals surface area (Å²) in [6.07, 6.45) is -6.94. The summed E-state index contributed by atoms with van der Waals surface area (Å²) in [6.45, 7) is 0.285. The van der Waals surface area contributed by atoms with Crippen LogP contribution in [0.5, 0.6) is 11.5 Å². The van der Waals surface area contributed by atoms with E-state index in [9.17, 15) is 13.2 Å². The van der Waals surface area contributed by atoms with E-state index in [1.165, 1.54) is 20.3 Å². The fourth-order valence-corrected chi connectivity index (χ4v) is 2.13. The second-order valence-electron chi connectivity index (χ2n) is 4.45. The third kappa shape index (κ3) is 3.93. The van der Waals surface area contributed by atoms with Crippen molar-refractivity contribution in [2.75, 3.05) is 27.4 Å². The van der Waals surface area contributed by atoms with Crippen LogP contribution in [0.3, 0.4) is 0 Å². The van der Waals surface area contributed by atoms with Crippen LogP contribution in [0.2, 0.25) is 5.02 Å². The largest absolute Gasteiger partial charge is 0.493 e. The predicted octanol–water partition coefficient (Wildman–Crippen LogP) is 3.38. The van der Waals surface area contributed by atoms with Crippen LogP contribution in [0.15, 0.2) is 12.1 Å². The lowest BCUT2D eigenvalue weighted by atomic mass is 10.1. The summed E-state index contributed by atoms with van der Waals surface area (Å²) in [4.78, 5) is 0. The number of epoxide rings is 1. The number of alkyl halides is 3. The zero-order chi connectivity index (χ0) is 15.6. The molecule has 1 aromatic rings. The minimum atomic E-state index is -4.57. The first kappa shape index (κ1) is 16.2. The summed E-state index contributed by atoms with van der Waals surface area (Å²) in [6, 6.07) is 2.37. The van der Waals surface area contributed by atoms with Gasteiger partial charge in [0.1, 0.15) is 6.10 Å². The third-order valence-electron chi connectivity index (χ3n) is 2.91. The number of rotatable bonds is 6. The van der Waals surface area contributed by atoms with Crippen molar-refractivity contribution >= 4 is 11.6 Å². The lowest BCUT2D eigenvalue weighted by molar-refractivity contribution is -0.224. The number of hydrogen-bond donors (Lipinski definition) is 0. The Morgan fingerprint density at radius 2 is 2.00 bits per heavy atom. The molecule has 21 heavy (non-hydrogen) atoms. The highest BCUT2D eigenvalue weighted by Gasteiger charge is 2.43. The molecule has 1 heterocycles. The van der Waals surface area contributed by atoms with Crippen molar-refractivity contribution in [2.24, 2.45) is 0 Å². The van der Waals surface area contributed by atoms with Gasteiger partial charge in [0, 0.05) is 0 Å². The zero-order valence-electron chi connectivity index (χ0n) is 11.4. The van der Waals surface area contributed by atoms with E-state index in [0.29, 0.717) is 6.61 Å². The van der Waals surface area contributed by atoms with E-state index in [1.807, 2.05) is 0 Å². The van der Waals surface area contributed by atoms with Crippen LogP contribution in [-0.4, -0.2) is 39.7 Å². The fraction of sp³-hybridized carbons (Fsp3) is 0.538. The molecule has 1 aromatic carbocycles. The van der Waals surface area contributed by atoms with Gasteiger partial charge in [0.15, 0.2) is 17.6 Å². The van der Waals surface area contributed by atoms with Gasteiger partial charge < -0.3 is 18.9 Å². The summed E-state index contributed by atoms with van der Waals surface area (Å²) >= 11 is 5.93. The van der Waals surface area contributed by atoms with Gasteiger partial charge in [0.25, 0.3) is 0 Å². The van der Waals surface area contributed by atoms with E-state index in [-0.39, 0.29) is 34.8 Å². The summed E-state index contributed by atoms with van der Waals surface area (Å²) in [5.74, 6) is 0.287. The van der Waals surface area contributed by atoms with Gasteiger partial charge >= 0.3 is 6.18 Å². The second-order valence-corrected chi connectivity index (χ2v) is 4.86. The summed E-state index contributed by atoms with van der Waals surface area (Å²) < 4.78 is 59.2. The molecule has 1 aliphatic rings. The molecule has 1 aliphatic heterocycles. The maximum atomic E-state index is 13.1. The first-order valence-electron chi connectivity index (χ1n) is 6.08. The molecule has 2 rings (SSSR count). The van der Waals surface area contributed by atoms with E-state index in [0.717, 1.165) is 6.07 Å². The first-order chi connectivity index (χ1) is 9.86. The maximum absolute atomic E-state index is 13.1. The lowest BCUT2D eigenvalue weighted by Crippen LogP contribution is -2.25. The van der Waals surface area contributed by atoms with Gasteiger partial charge in [-0.3, -0.25) is 0 Å². The Morgan fingerprint density at radius 3 is 2.48 bits per heavy atom. The van der Waals surface area contributed by atoms with Gasteiger partial charge in [-0.25, -0.2) is 0 Å². The third-order valence-corrected chi connectivity index (χ3v) is 3.19. The lowest BCUT2D eigenvalue weighted by Gasteiger charge is -2.22. The molecule has 1 fully saturated rings. The van der Waals surface area contributed by atoms with Crippen molar-refractivity contribution in [1.29, 1.82) is 0 Å². The molecule has 0 unspecified atom stereocenters. The average Bonchev–Trinajstić information content (AvgIpc) is 3.20. The van der Waals surface area contributed by atoms with Crippen molar-refractivity contribution in [3.8, 4) is 11.5 Å². The highest BCUT2D eigenvalue weighted by atomic mass is 35.5. The monoisotopic (exact) mass is 326 g/mol. The minimum absolute atomic E-state index is 0.0207. The number of ether oxygens (including phenoxy) is 4. The molecule has 8 heteroatoms. The first-order valence-corrected chi connectivity index (χ1v) is 6.46. The Kier molecular flexibility index (Phi) is 4.85. The molecule has 0 spiro atoms. The van der Waals surface area contributed by atoms with Gasteiger partial charge in [-0.15, -0.1) is 0 Å². The standard InChI is InChI=1S/C13H14ClF3O4/c1-18-10-4-7(3-9(14)11(10)19-2)12(13(15,16)17)21-6-8-5-20-8/h3-4,8,12H,5-6H2,1-2H3/t8-,12+/m1/s1. The normalized spacial score (nSPS) is 19.2. The molecule has 118 valence electrons. The Hall–Kier alpha value is -1.18. The SMILES string of the molecule is COc1cc([C@H](OC[C@H]2CO2)C(F)(F)F)cc(Cl)c1OC. The molecule has 0 saturated carbocycles. The Labute approximate surface area is 124 Å². The Morgan fingerprint density at radius 1 is 1.33 bits per heavy atom. The van der Waals surface area contributed by atoms with Crippen LogP contribution in [0, 0.1) is 0 Å². The Balaban J connectivity index is 2.31. The van der Waals surface area contributed by atoms with Crippen molar-refractivity contribution < 1.29 is 32.1 Å². The van der Waals surface area contributed by atoms with Crippen molar-refractivity contribution in [1.82, 2.24) is 0 Å². The van der Waals surface area contributed by atoms with Gasteiger partial charge in [0.05, 0.1) is 32.5 Å². The quantitative estimate of drug-likeness (QED) is 0.751. The van der Waals surface area contributed by atoms with E-state index in [1.54, 1.807) is 0 Å². The molecular weight excluding hydrogens is 313 g/mol. The van der Waals surface area contributed by atoms with Gasteiger partial charge in [0.2, 0.25) is 0 Å². The zero-order valence-corrected chi connectivity index (χ0v) is 12.1. The van der Waals surface area contributed by atoms with Crippen molar-refractivity contribution in [2.45, 2.75) is 18.4 Å². The van der Waals surface area contributed by atoms with Gasteiger partial charge in [-0.1, -0.05) is 11.6 Å². The van der Waals surface area contributed by atoms with Crippen LogP contribution in [0.25, 0.3) is 0 Å². The summed E-state index contributed by atoms with van der Waals surface area (Å²) in [5.41, 5.74) is -0.147. The fourth-order valence-electron chi connectivity index (χ4n) is 1.84. The summed E-state index contributed by atoms with van der Waals surface area (Å²) in [5, 5.41) is 0.0207. The molecule has 0 radical (unpaired) electrons. The maximum Gasteiger partial charge on any atom is 0.418 e. The molecule has 2 atom stereocenters. The molecule has 0 N–H and O–H groups in total. The van der Waals surface area contributed by atoms with E-state index in [2.05, 4.69) is 0 Å². The molecule has 0 aliphatic carbocycles. The summed E-state index contributed by atoms with van der Waals surface area (Å²) in [7, 11) is 2.67. The molecule has 0 amide bonds. The van der Waals surface area contributed by atoms with Crippen LogP contribution >= 0.6 is 11.6 Å². The van der Waals surface area contributed by atoms with Crippen LogP contribution < -0.4 is 9.47 Å². The number of benzene rings is 1. The van der Waals surface area contributed by atoms with E-state index >= 15 is 0 Å². The van der Waals surface area contributed by atoms with Crippen LogP contribution in [0.4, 0.5) is 13.2 Å². The topological polar surface area (TPSA) is 40.2 Å². The highest BCUT2D eigenvalue weighted by molar-refractivity contribution is 6.32. The number of hydrogen-bond acceptors (Lipinski definition) is 4. The van der Waals surface area contributed by atoms with Gasteiger partial charge in [-0.2, -0.15) is 13.2 Å². The van der Waals surface area contributed by atoms with Crippen molar-refractivity contribution in [3.63, 3.8) is 0 Å². The highest BCUT2D eigenvalue weighted by Crippen LogP contribution is 2.43. The van der Waals surface area contributed by atoms with E-state index in [4.69, 9.17) is 30.5 Å². The molecule has 4 nitrogen and oxygen atoms in total. The second kappa shape index (κ2) is 6.29. The van der Waals surface area contributed by atoms with Crippen LogP contribution in [0.1, 0.15) is 11.7 Å². The predicted molar refractivity (Wildman–Crippen MR) is 69.0 cm³/mol. The number of halogens is 4. The average molecular weight is 327 g/mol. The molecular formula is C13H14ClF3O4. The Bertz CT molecular complexity index is 503. The minimum Gasteiger partial charge on any atom is -0.493 e. The van der Waals surface area contributed by atoms with Gasteiger partial charge in [-0.05, 0) is 17.7 Å². The molecule has 0 bridgehead atoms. The van der Waals surface area contributed by atoms with Crippen molar-refractivity contribution in [3.05, 3.63) is 22.7 Å². The molecule has 1 saturated heterocycles. The van der Waals surface area contributed by atoms with Crippen LogP contribution in [-0.2, 0) is 9.47 Å².